The Morgan fingerprint density at radius 3 is 2.23 bits per heavy atom. The van der Waals surface area contributed by atoms with Crippen LogP contribution in [0, 0.1) is 17.8 Å². The van der Waals surface area contributed by atoms with Gasteiger partial charge in [0.25, 0.3) is 0 Å². The lowest BCUT2D eigenvalue weighted by molar-refractivity contribution is -0.0206. The van der Waals surface area contributed by atoms with E-state index in [1.807, 2.05) is 11.8 Å². The molecule has 0 spiro atoms. The summed E-state index contributed by atoms with van der Waals surface area (Å²) in [4.78, 5) is 1.40. The lowest BCUT2D eigenvalue weighted by Crippen LogP contribution is -2.58. The number of benzene rings is 1. The summed E-state index contributed by atoms with van der Waals surface area (Å²) in [5.41, 5.74) is 3.54. The van der Waals surface area contributed by atoms with Gasteiger partial charge in [0.2, 0.25) is 0 Å². The molecule has 0 saturated heterocycles. The summed E-state index contributed by atoms with van der Waals surface area (Å²) in [7, 11) is 0. The van der Waals surface area contributed by atoms with Crippen molar-refractivity contribution in [2.24, 2.45) is 17.8 Å². The average Bonchev–Trinajstić information content (AvgIpc) is 2.51. The smallest absolute Gasteiger partial charge is 0.0213 e. The van der Waals surface area contributed by atoms with Crippen LogP contribution in [-0.4, -0.2) is 11.8 Å². The highest BCUT2D eigenvalue weighted by Gasteiger charge is 2.50. The van der Waals surface area contributed by atoms with Crippen LogP contribution >= 0.6 is 11.8 Å². The van der Waals surface area contributed by atoms with Gasteiger partial charge in [-0.05, 0) is 92.2 Å². The zero-order valence-electron chi connectivity index (χ0n) is 14.0. The number of rotatable bonds is 5. The molecular formula is C20H29NS. The van der Waals surface area contributed by atoms with E-state index in [1.165, 1.54) is 54.5 Å². The number of nitrogens with one attached hydrogen (secondary N) is 1. The van der Waals surface area contributed by atoms with Crippen molar-refractivity contribution in [2.45, 2.75) is 68.8 Å². The van der Waals surface area contributed by atoms with Crippen LogP contribution in [-0.2, 0) is 13.0 Å². The molecule has 120 valence electrons. The van der Waals surface area contributed by atoms with Gasteiger partial charge in [-0.2, -0.15) is 0 Å². The summed E-state index contributed by atoms with van der Waals surface area (Å²) >= 11 is 1.85. The predicted octanol–water partition coefficient (Wildman–Crippen LogP) is 5.03. The lowest BCUT2D eigenvalue weighted by atomic mass is 9.53. The fourth-order valence-electron chi connectivity index (χ4n) is 5.84. The molecule has 4 saturated carbocycles. The van der Waals surface area contributed by atoms with Crippen LogP contribution in [0.25, 0.3) is 0 Å². The van der Waals surface area contributed by atoms with Gasteiger partial charge in [-0.25, -0.2) is 0 Å². The topological polar surface area (TPSA) is 12.0 Å². The Labute approximate surface area is 139 Å². The standard InChI is InChI=1S/C20H29NS/c1-3-17-9-19(22-2)5-4-18(17)13-21-20-10-14-6-15(11-20)8-16(7-14)12-20/h4-5,9,14-16,21H,3,6-8,10-13H2,1-2H3. The van der Waals surface area contributed by atoms with E-state index >= 15 is 0 Å². The van der Waals surface area contributed by atoms with Crippen LogP contribution in [0.3, 0.4) is 0 Å². The van der Waals surface area contributed by atoms with Crippen molar-refractivity contribution in [3.8, 4) is 0 Å². The summed E-state index contributed by atoms with van der Waals surface area (Å²) < 4.78 is 0. The summed E-state index contributed by atoms with van der Waals surface area (Å²) in [5.74, 6) is 3.09. The molecule has 4 bridgehead atoms. The van der Waals surface area contributed by atoms with Crippen LogP contribution in [0.4, 0.5) is 0 Å². The Hall–Kier alpha value is -0.470. The third-order valence-electron chi connectivity index (χ3n) is 6.49. The van der Waals surface area contributed by atoms with Gasteiger partial charge in [-0.15, -0.1) is 11.8 Å². The van der Waals surface area contributed by atoms with E-state index in [0.717, 1.165) is 30.7 Å². The van der Waals surface area contributed by atoms with E-state index in [4.69, 9.17) is 0 Å². The molecule has 1 N–H and O–H groups in total. The fourth-order valence-corrected chi connectivity index (χ4v) is 6.30. The highest BCUT2D eigenvalue weighted by Crippen LogP contribution is 2.55. The molecule has 22 heavy (non-hydrogen) atoms. The summed E-state index contributed by atoms with van der Waals surface area (Å²) in [6.45, 7) is 3.36. The quantitative estimate of drug-likeness (QED) is 0.765. The number of hydrogen-bond acceptors (Lipinski definition) is 2. The van der Waals surface area contributed by atoms with Gasteiger partial charge in [0.05, 0.1) is 0 Å². The first-order valence-electron chi connectivity index (χ1n) is 9.10. The normalized spacial score (nSPS) is 36.0. The fraction of sp³-hybridized carbons (Fsp3) is 0.700. The SMILES string of the molecule is CCc1cc(SC)ccc1CNC12CC3CC(CC(C3)C1)C2. The maximum absolute atomic E-state index is 4.05. The molecule has 0 aromatic heterocycles. The van der Waals surface area contributed by atoms with Crippen LogP contribution in [0.1, 0.15) is 56.6 Å². The first-order chi connectivity index (χ1) is 10.7. The molecule has 4 aliphatic carbocycles. The van der Waals surface area contributed by atoms with Crippen molar-refractivity contribution in [1.82, 2.24) is 5.32 Å². The maximum atomic E-state index is 4.05. The molecule has 0 amide bonds. The molecule has 2 heteroatoms. The zero-order chi connectivity index (χ0) is 15.2. The van der Waals surface area contributed by atoms with Gasteiger partial charge in [0, 0.05) is 17.0 Å². The minimum Gasteiger partial charge on any atom is -0.307 e. The van der Waals surface area contributed by atoms with Crippen LogP contribution in [0.15, 0.2) is 23.1 Å². The first kappa shape index (κ1) is 15.1. The van der Waals surface area contributed by atoms with Crippen LogP contribution < -0.4 is 5.32 Å². The predicted molar refractivity (Wildman–Crippen MR) is 95.3 cm³/mol. The second-order valence-corrected chi connectivity index (χ2v) is 8.92. The van der Waals surface area contributed by atoms with E-state index < -0.39 is 0 Å². The Bertz CT molecular complexity index is 515. The lowest BCUT2D eigenvalue weighted by Gasteiger charge is -2.57. The summed E-state index contributed by atoms with van der Waals surface area (Å²) in [5, 5.41) is 4.05. The molecule has 1 aromatic rings. The van der Waals surface area contributed by atoms with Crippen LogP contribution in [0.5, 0.6) is 0 Å². The molecule has 0 radical (unpaired) electrons. The minimum atomic E-state index is 0.484. The molecular weight excluding hydrogens is 286 g/mol. The van der Waals surface area contributed by atoms with Gasteiger partial charge in [-0.3, -0.25) is 0 Å². The van der Waals surface area contributed by atoms with E-state index in [9.17, 15) is 0 Å². The molecule has 4 fully saturated rings. The van der Waals surface area contributed by atoms with Crippen molar-refractivity contribution in [1.29, 1.82) is 0 Å². The van der Waals surface area contributed by atoms with Gasteiger partial charge < -0.3 is 5.32 Å². The van der Waals surface area contributed by atoms with Crippen molar-refractivity contribution in [3.63, 3.8) is 0 Å². The zero-order valence-corrected chi connectivity index (χ0v) is 14.8. The highest BCUT2D eigenvalue weighted by atomic mass is 32.2. The van der Waals surface area contributed by atoms with Crippen molar-refractivity contribution in [2.75, 3.05) is 6.26 Å². The molecule has 5 rings (SSSR count). The van der Waals surface area contributed by atoms with E-state index in [2.05, 4.69) is 36.7 Å². The summed E-state index contributed by atoms with van der Waals surface area (Å²) in [6.07, 6.45) is 12.3. The number of aryl methyl sites for hydroxylation is 1. The maximum Gasteiger partial charge on any atom is 0.0213 e. The van der Waals surface area contributed by atoms with Gasteiger partial charge >= 0.3 is 0 Å². The van der Waals surface area contributed by atoms with Crippen molar-refractivity contribution < 1.29 is 0 Å². The number of thioether (sulfide) groups is 1. The Kier molecular flexibility index (Phi) is 4.02. The first-order valence-corrected chi connectivity index (χ1v) is 10.3. The van der Waals surface area contributed by atoms with E-state index in [0.29, 0.717) is 5.54 Å². The molecule has 4 aliphatic rings. The monoisotopic (exact) mass is 315 g/mol. The second-order valence-electron chi connectivity index (χ2n) is 8.04. The van der Waals surface area contributed by atoms with E-state index in [1.54, 1.807) is 0 Å². The molecule has 0 aliphatic heterocycles. The molecule has 1 nitrogen and oxygen atoms in total. The van der Waals surface area contributed by atoms with Gasteiger partial charge in [0.1, 0.15) is 0 Å². The van der Waals surface area contributed by atoms with Gasteiger partial charge in [-0.1, -0.05) is 13.0 Å². The van der Waals surface area contributed by atoms with Crippen molar-refractivity contribution >= 4 is 11.8 Å². The highest BCUT2D eigenvalue weighted by molar-refractivity contribution is 7.98. The Morgan fingerprint density at radius 2 is 1.68 bits per heavy atom. The third-order valence-corrected chi connectivity index (χ3v) is 7.21. The molecule has 0 unspecified atom stereocenters. The second kappa shape index (κ2) is 5.87. The van der Waals surface area contributed by atoms with Crippen molar-refractivity contribution in [3.05, 3.63) is 29.3 Å². The average molecular weight is 316 g/mol. The van der Waals surface area contributed by atoms with Gasteiger partial charge in [0.15, 0.2) is 0 Å². The minimum absolute atomic E-state index is 0.484. The molecule has 1 aromatic carbocycles. The molecule has 0 atom stereocenters. The van der Waals surface area contributed by atoms with E-state index in [-0.39, 0.29) is 0 Å². The largest absolute Gasteiger partial charge is 0.307 e. The third kappa shape index (κ3) is 2.73. The Balaban J connectivity index is 1.48. The van der Waals surface area contributed by atoms with Crippen LogP contribution in [0.2, 0.25) is 0 Å². The molecule has 0 heterocycles. The summed E-state index contributed by atoms with van der Waals surface area (Å²) in [6, 6.07) is 7.04. The number of hydrogen-bond donors (Lipinski definition) is 1. The Morgan fingerprint density at radius 1 is 1.05 bits per heavy atom.